The van der Waals surface area contributed by atoms with E-state index in [0.29, 0.717) is 6.04 Å². The van der Waals surface area contributed by atoms with Crippen molar-refractivity contribution >= 4 is 0 Å². The Morgan fingerprint density at radius 2 is 1.26 bits per heavy atom. The van der Waals surface area contributed by atoms with Crippen LogP contribution in [0.1, 0.15) is 36.8 Å². The summed E-state index contributed by atoms with van der Waals surface area (Å²) >= 11 is 0. The van der Waals surface area contributed by atoms with Crippen molar-refractivity contribution in [1.29, 1.82) is 5.26 Å². The minimum atomic E-state index is 0.265. The van der Waals surface area contributed by atoms with Gasteiger partial charge < -0.3 is 0 Å². The van der Waals surface area contributed by atoms with Crippen LogP contribution in [0, 0.1) is 17.2 Å². The molecule has 1 aliphatic carbocycles. The molecule has 23 heavy (non-hydrogen) atoms. The molecule has 1 saturated carbocycles. The molecule has 0 unspecified atom stereocenters. The molecule has 0 aliphatic heterocycles. The zero-order valence-corrected chi connectivity index (χ0v) is 13.6. The summed E-state index contributed by atoms with van der Waals surface area (Å²) < 4.78 is 0. The Kier molecular flexibility index (Phi) is 5.45. The standard InChI is InChI=1S/C21H24N2/c22-15-18-11-13-21(14-12-18)23(16-19-7-3-1-4-8-19)17-20-9-5-2-6-10-20/h1-10,18,21H,11-14,16-17H2. The van der Waals surface area contributed by atoms with Crippen molar-refractivity contribution in [2.24, 2.45) is 5.92 Å². The highest BCUT2D eigenvalue weighted by atomic mass is 15.2. The predicted octanol–water partition coefficient (Wildman–Crippen LogP) is 4.77. The van der Waals surface area contributed by atoms with Crippen molar-refractivity contribution in [3.63, 3.8) is 0 Å². The maximum Gasteiger partial charge on any atom is 0.0655 e. The van der Waals surface area contributed by atoms with E-state index in [1.807, 2.05) is 0 Å². The van der Waals surface area contributed by atoms with Crippen molar-refractivity contribution in [3.8, 4) is 6.07 Å². The minimum Gasteiger partial charge on any atom is -0.292 e. The van der Waals surface area contributed by atoms with Crippen LogP contribution in [0.3, 0.4) is 0 Å². The van der Waals surface area contributed by atoms with Crippen molar-refractivity contribution in [3.05, 3.63) is 71.8 Å². The molecule has 118 valence electrons. The van der Waals surface area contributed by atoms with Gasteiger partial charge in [0.05, 0.1) is 6.07 Å². The second-order valence-corrected chi connectivity index (χ2v) is 6.51. The molecule has 2 aromatic carbocycles. The van der Waals surface area contributed by atoms with Crippen LogP contribution in [-0.4, -0.2) is 10.9 Å². The molecule has 0 N–H and O–H groups in total. The third kappa shape index (κ3) is 4.43. The van der Waals surface area contributed by atoms with Gasteiger partial charge in [-0.15, -0.1) is 0 Å². The fourth-order valence-corrected chi connectivity index (χ4v) is 3.52. The third-order valence-corrected chi connectivity index (χ3v) is 4.85. The van der Waals surface area contributed by atoms with E-state index in [0.717, 1.165) is 38.8 Å². The Bertz CT molecular complexity index is 580. The summed E-state index contributed by atoms with van der Waals surface area (Å²) in [5.74, 6) is 0.265. The molecule has 2 aromatic rings. The number of benzene rings is 2. The van der Waals surface area contributed by atoms with Gasteiger partial charge in [-0.3, -0.25) is 4.90 Å². The van der Waals surface area contributed by atoms with Crippen LogP contribution in [0.25, 0.3) is 0 Å². The van der Waals surface area contributed by atoms with E-state index in [1.165, 1.54) is 11.1 Å². The SMILES string of the molecule is N#CC1CCC(N(Cc2ccccc2)Cc2ccccc2)CC1. The van der Waals surface area contributed by atoms with Gasteiger partial charge in [0.15, 0.2) is 0 Å². The van der Waals surface area contributed by atoms with Gasteiger partial charge in [0.2, 0.25) is 0 Å². The first-order chi connectivity index (χ1) is 11.3. The summed E-state index contributed by atoms with van der Waals surface area (Å²) in [7, 11) is 0. The minimum absolute atomic E-state index is 0.265. The molecule has 1 fully saturated rings. The second-order valence-electron chi connectivity index (χ2n) is 6.51. The van der Waals surface area contributed by atoms with E-state index >= 15 is 0 Å². The van der Waals surface area contributed by atoms with Gasteiger partial charge >= 0.3 is 0 Å². The molecular weight excluding hydrogens is 280 g/mol. The monoisotopic (exact) mass is 304 g/mol. The largest absolute Gasteiger partial charge is 0.292 e. The molecule has 2 heteroatoms. The molecule has 0 heterocycles. The van der Waals surface area contributed by atoms with Gasteiger partial charge in [-0.05, 0) is 36.8 Å². The quantitative estimate of drug-likeness (QED) is 0.795. The zero-order chi connectivity index (χ0) is 15.9. The number of nitrogens with zero attached hydrogens (tertiary/aromatic N) is 2. The topological polar surface area (TPSA) is 27.0 Å². The lowest BCUT2D eigenvalue weighted by Crippen LogP contribution is -2.37. The van der Waals surface area contributed by atoms with Gasteiger partial charge in [-0.25, -0.2) is 0 Å². The van der Waals surface area contributed by atoms with E-state index < -0.39 is 0 Å². The molecule has 2 nitrogen and oxygen atoms in total. The van der Waals surface area contributed by atoms with Gasteiger partial charge in [0.1, 0.15) is 0 Å². The molecular formula is C21H24N2. The number of rotatable bonds is 5. The van der Waals surface area contributed by atoms with Crippen LogP contribution >= 0.6 is 0 Å². The Balaban J connectivity index is 1.72. The van der Waals surface area contributed by atoms with E-state index in [-0.39, 0.29) is 5.92 Å². The van der Waals surface area contributed by atoms with Gasteiger partial charge in [-0.1, -0.05) is 60.7 Å². The van der Waals surface area contributed by atoms with Crippen LogP contribution < -0.4 is 0 Å². The maximum absolute atomic E-state index is 9.12. The zero-order valence-electron chi connectivity index (χ0n) is 13.6. The Labute approximate surface area is 139 Å². The fraction of sp³-hybridized carbons (Fsp3) is 0.381. The molecule has 0 bridgehead atoms. The molecule has 0 aromatic heterocycles. The lowest BCUT2D eigenvalue weighted by Gasteiger charge is -2.35. The summed E-state index contributed by atoms with van der Waals surface area (Å²) in [6.07, 6.45) is 4.36. The average molecular weight is 304 g/mol. The normalized spacial score (nSPS) is 21.0. The van der Waals surface area contributed by atoms with Crippen LogP contribution in [0.5, 0.6) is 0 Å². The first kappa shape index (κ1) is 15.8. The number of hydrogen-bond acceptors (Lipinski definition) is 2. The van der Waals surface area contributed by atoms with Crippen molar-refractivity contribution in [1.82, 2.24) is 4.90 Å². The van der Waals surface area contributed by atoms with E-state index in [1.54, 1.807) is 0 Å². The van der Waals surface area contributed by atoms with Crippen LogP contribution in [0.15, 0.2) is 60.7 Å². The Hall–Kier alpha value is -2.11. The lowest BCUT2D eigenvalue weighted by molar-refractivity contribution is 0.130. The lowest BCUT2D eigenvalue weighted by atomic mass is 9.86. The van der Waals surface area contributed by atoms with Crippen LogP contribution in [-0.2, 0) is 13.1 Å². The smallest absolute Gasteiger partial charge is 0.0655 e. The summed E-state index contributed by atoms with van der Waals surface area (Å²) in [4.78, 5) is 2.60. The maximum atomic E-state index is 9.12. The van der Waals surface area contributed by atoms with E-state index in [9.17, 15) is 0 Å². The average Bonchev–Trinajstić information content (AvgIpc) is 2.63. The highest BCUT2D eigenvalue weighted by molar-refractivity contribution is 5.17. The Morgan fingerprint density at radius 3 is 1.70 bits per heavy atom. The molecule has 3 rings (SSSR count). The molecule has 1 aliphatic rings. The summed E-state index contributed by atoms with van der Waals surface area (Å²) in [6.45, 7) is 1.97. The molecule has 0 saturated heterocycles. The van der Waals surface area contributed by atoms with Crippen LogP contribution in [0.4, 0.5) is 0 Å². The summed E-state index contributed by atoms with van der Waals surface area (Å²) in [5.41, 5.74) is 2.73. The molecule has 0 spiro atoms. The third-order valence-electron chi connectivity index (χ3n) is 4.85. The molecule has 0 radical (unpaired) electrons. The highest BCUT2D eigenvalue weighted by Crippen LogP contribution is 2.29. The highest BCUT2D eigenvalue weighted by Gasteiger charge is 2.25. The first-order valence-electron chi connectivity index (χ1n) is 8.56. The molecule has 0 amide bonds. The van der Waals surface area contributed by atoms with Gasteiger partial charge in [-0.2, -0.15) is 5.26 Å². The molecule has 0 atom stereocenters. The van der Waals surface area contributed by atoms with Crippen LogP contribution in [0.2, 0.25) is 0 Å². The first-order valence-corrected chi connectivity index (χ1v) is 8.56. The number of hydrogen-bond donors (Lipinski definition) is 0. The van der Waals surface area contributed by atoms with Crippen molar-refractivity contribution in [2.45, 2.75) is 44.8 Å². The van der Waals surface area contributed by atoms with E-state index in [4.69, 9.17) is 5.26 Å². The Morgan fingerprint density at radius 1 is 0.783 bits per heavy atom. The fourth-order valence-electron chi connectivity index (χ4n) is 3.52. The predicted molar refractivity (Wildman–Crippen MR) is 93.5 cm³/mol. The van der Waals surface area contributed by atoms with Gasteiger partial charge in [0.25, 0.3) is 0 Å². The van der Waals surface area contributed by atoms with Gasteiger partial charge in [0, 0.05) is 25.0 Å². The number of nitriles is 1. The van der Waals surface area contributed by atoms with Crippen molar-refractivity contribution < 1.29 is 0 Å². The summed E-state index contributed by atoms with van der Waals surface area (Å²) in [5, 5.41) is 9.12. The second kappa shape index (κ2) is 7.94. The van der Waals surface area contributed by atoms with Crippen molar-refractivity contribution in [2.75, 3.05) is 0 Å². The van der Waals surface area contributed by atoms with E-state index in [2.05, 4.69) is 71.6 Å². The summed E-state index contributed by atoms with van der Waals surface area (Å²) in [6, 6.07) is 24.5.